The van der Waals surface area contributed by atoms with Gasteiger partial charge in [-0.05, 0) is 40.9 Å². The molecule has 0 atom stereocenters. The van der Waals surface area contributed by atoms with Crippen molar-refractivity contribution >= 4 is 15.9 Å². The van der Waals surface area contributed by atoms with Crippen molar-refractivity contribution in [3.63, 3.8) is 0 Å². The Hall–Kier alpha value is -0.450. The Kier molecular flexibility index (Phi) is 6.09. The Balaban J connectivity index is 2.43. The van der Waals surface area contributed by atoms with Crippen LogP contribution in [0, 0.1) is 5.41 Å². The highest BCUT2D eigenvalue weighted by Crippen LogP contribution is 2.24. The van der Waals surface area contributed by atoms with E-state index >= 15 is 0 Å². The molecule has 0 aromatic carbocycles. The second-order valence-electron chi connectivity index (χ2n) is 4.44. The average molecular weight is 301 g/mol. The zero-order valence-electron chi connectivity index (χ0n) is 10.5. The number of halogens is 1. The topological polar surface area (TPSA) is 45.1 Å². The Bertz CT molecular complexity index is 314. The molecule has 0 aliphatic carbocycles. The fourth-order valence-corrected chi connectivity index (χ4v) is 1.98. The number of nitrogens with one attached hydrogen (secondary N) is 1. The molecule has 0 fully saturated rings. The molecule has 1 rings (SSSR count). The van der Waals surface area contributed by atoms with Gasteiger partial charge in [0.25, 0.3) is 0 Å². The van der Waals surface area contributed by atoms with Gasteiger partial charge in [0, 0.05) is 35.8 Å². The van der Waals surface area contributed by atoms with Gasteiger partial charge in [0.05, 0.1) is 5.69 Å². The molecule has 0 radical (unpaired) electrons. The van der Waals surface area contributed by atoms with Crippen LogP contribution in [0.25, 0.3) is 0 Å². The molecule has 0 saturated heterocycles. The molecular weight excluding hydrogens is 280 g/mol. The van der Waals surface area contributed by atoms with E-state index in [1.807, 2.05) is 12.1 Å². The summed E-state index contributed by atoms with van der Waals surface area (Å²) in [4.78, 5) is 4.30. The summed E-state index contributed by atoms with van der Waals surface area (Å²) in [5, 5.41) is 12.8. The van der Waals surface area contributed by atoms with E-state index in [-0.39, 0.29) is 12.0 Å². The van der Waals surface area contributed by atoms with Crippen LogP contribution in [-0.4, -0.2) is 23.2 Å². The molecule has 0 bridgehead atoms. The van der Waals surface area contributed by atoms with E-state index < -0.39 is 0 Å². The number of aromatic nitrogens is 1. The van der Waals surface area contributed by atoms with E-state index in [0.717, 1.165) is 36.1 Å². The van der Waals surface area contributed by atoms with Crippen LogP contribution in [0.4, 0.5) is 0 Å². The largest absolute Gasteiger partial charge is 0.396 e. The molecule has 0 aliphatic rings. The predicted molar refractivity (Wildman–Crippen MR) is 73.7 cm³/mol. The van der Waals surface area contributed by atoms with Gasteiger partial charge >= 0.3 is 0 Å². The number of nitrogens with zero attached hydrogens (tertiary/aromatic N) is 1. The van der Waals surface area contributed by atoms with Gasteiger partial charge in [-0.25, -0.2) is 0 Å². The molecular formula is C13H21BrN2O. The number of hydrogen-bond acceptors (Lipinski definition) is 3. The summed E-state index contributed by atoms with van der Waals surface area (Å²) in [5.74, 6) is 0. The lowest BCUT2D eigenvalue weighted by atomic mass is 9.83. The SMILES string of the molecule is CCC(CC)(CO)CNCc1ccc(Br)cn1. The van der Waals surface area contributed by atoms with Crippen LogP contribution in [0.5, 0.6) is 0 Å². The van der Waals surface area contributed by atoms with E-state index in [0.29, 0.717) is 0 Å². The maximum absolute atomic E-state index is 9.45. The lowest BCUT2D eigenvalue weighted by Crippen LogP contribution is -2.36. The lowest BCUT2D eigenvalue weighted by Gasteiger charge is -2.29. The van der Waals surface area contributed by atoms with Gasteiger partial charge < -0.3 is 10.4 Å². The summed E-state index contributed by atoms with van der Waals surface area (Å²) in [5.41, 5.74) is 1.03. The Morgan fingerprint density at radius 3 is 2.53 bits per heavy atom. The van der Waals surface area contributed by atoms with Crippen LogP contribution in [-0.2, 0) is 6.54 Å². The molecule has 4 heteroatoms. The summed E-state index contributed by atoms with van der Waals surface area (Å²) in [6.45, 7) is 6.06. The maximum Gasteiger partial charge on any atom is 0.0542 e. The molecule has 2 N–H and O–H groups in total. The lowest BCUT2D eigenvalue weighted by molar-refractivity contribution is 0.113. The van der Waals surface area contributed by atoms with E-state index in [4.69, 9.17) is 0 Å². The molecule has 0 aliphatic heterocycles. The van der Waals surface area contributed by atoms with E-state index in [1.165, 1.54) is 0 Å². The van der Waals surface area contributed by atoms with Gasteiger partial charge in [0.15, 0.2) is 0 Å². The monoisotopic (exact) mass is 300 g/mol. The molecule has 1 heterocycles. The van der Waals surface area contributed by atoms with Crippen LogP contribution in [0.2, 0.25) is 0 Å². The van der Waals surface area contributed by atoms with Crippen molar-refractivity contribution in [2.45, 2.75) is 33.2 Å². The number of hydrogen-bond donors (Lipinski definition) is 2. The predicted octanol–water partition coefficient (Wildman–Crippen LogP) is 2.73. The molecule has 0 unspecified atom stereocenters. The summed E-state index contributed by atoms with van der Waals surface area (Å²) in [6.07, 6.45) is 3.78. The van der Waals surface area contributed by atoms with Crippen molar-refractivity contribution in [1.82, 2.24) is 10.3 Å². The molecule has 17 heavy (non-hydrogen) atoms. The van der Waals surface area contributed by atoms with Gasteiger partial charge in [0.2, 0.25) is 0 Å². The second-order valence-corrected chi connectivity index (χ2v) is 5.35. The molecule has 1 aromatic heterocycles. The first-order valence-corrected chi connectivity index (χ1v) is 6.87. The zero-order valence-corrected chi connectivity index (χ0v) is 12.1. The Morgan fingerprint density at radius 2 is 2.06 bits per heavy atom. The van der Waals surface area contributed by atoms with Crippen molar-refractivity contribution in [2.75, 3.05) is 13.2 Å². The highest BCUT2D eigenvalue weighted by Gasteiger charge is 2.24. The van der Waals surface area contributed by atoms with Crippen LogP contribution >= 0.6 is 15.9 Å². The molecule has 0 saturated carbocycles. The van der Waals surface area contributed by atoms with Crippen molar-refractivity contribution in [3.8, 4) is 0 Å². The molecule has 0 spiro atoms. The van der Waals surface area contributed by atoms with E-state index in [2.05, 4.69) is 40.1 Å². The first-order valence-electron chi connectivity index (χ1n) is 6.08. The third kappa shape index (κ3) is 4.37. The Labute approximate surface area is 112 Å². The zero-order chi connectivity index (χ0) is 12.7. The first-order chi connectivity index (χ1) is 8.15. The number of aliphatic hydroxyl groups is 1. The molecule has 0 amide bonds. The first kappa shape index (κ1) is 14.6. The number of pyridine rings is 1. The third-order valence-electron chi connectivity index (χ3n) is 3.43. The summed E-state index contributed by atoms with van der Waals surface area (Å²) in [6, 6.07) is 3.98. The second kappa shape index (κ2) is 7.09. The minimum absolute atomic E-state index is 0.00929. The number of rotatable bonds is 7. The normalized spacial score (nSPS) is 11.8. The van der Waals surface area contributed by atoms with Gasteiger partial charge in [-0.2, -0.15) is 0 Å². The minimum Gasteiger partial charge on any atom is -0.396 e. The van der Waals surface area contributed by atoms with Crippen molar-refractivity contribution < 1.29 is 5.11 Å². The molecule has 96 valence electrons. The van der Waals surface area contributed by atoms with Gasteiger partial charge in [0.1, 0.15) is 0 Å². The highest BCUT2D eigenvalue weighted by atomic mass is 79.9. The van der Waals surface area contributed by atoms with Crippen LogP contribution in [0.3, 0.4) is 0 Å². The highest BCUT2D eigenvalue weighted by molar-refractivity contribution is 9.10. The fraction of sp³-hybridized carbons (Fsp3) is 0.615. The van der Waals surface area contributed by atoms with Crippen LogP contribution in [0.15, 0.2) is 22.8 Å². The van der Waals surface area contributed by atoms with Gasteiger partial charge in [-0.3, -0.25) is 4.98 Å². The summed E-state index contributed by atoms with van der Waals surface area (Å²) in [7, 11) is 0. The smallest absolute Gasteiger partial charge is 0.0542 e. The van der Waals surface area contributed by atoms with Gasteiger partial charge in [-0.1, -0.05) is 13.8 Å². The van der Waals surface area contributed by atoms with Crippen molar-refractivity contribution in [1.29, 1.82) is 0 Å². The summed E-state index contributed by atoms with van der Waals surface area (Å²) >= 11 is 3.36. The molecule has 3 nitrogen and oxygen atoms in total. The standard InChI is InChI=1S/C13H21BrN2O/c1-3-13(4-2,10-17)9-15-8-12-6-5-11(14)7-16-12/h5-7,15,17H,3-4,8-10H2,1-2H3. The van der Waals surface area contributed by atoms with Crippen molar-refractivity contribution in [2.24, 2.45) is 5.41 Å². The Morgan fingerprint density at radius 1 is 1.35 bits per heavy atom. The summed E-state index contributed by atoms with van der Waals surface area (Å²) < 4.78 is 0.994. The van der Waals surface area contributed by atoms with Gasteiger partial charge in [-0.15, -0.1) is 0 Å². The number of aliphatic hydroxyl groups excluding tert-OH is 1. The maximum atomic E-state index is 9.45. The van der Waals surface area contributed by atoms with E-state index in [1.54, 1.807) is 6.20 Å². The van der Waals surface area contributed by atoms with E-state index in [9.17, 15) is 5.11 Å². The van der Waals surface area contributed by atoms with Crippen LogP contribution < -0.4 is 5.32 Å². The minimum atomic E-state index is 0.00929. The molecule has 1 aromatic rings. The van der Waals surface area contributed by atoms with Crippen molar-refractivity contribution in [3.05, 3.63) is 28.5 Å². The quantitative estimate of drug-likeness (QED) is 0.814. The third-order valence-corrected chi connectivity index (χ3v) is 3.90. The average Bonchev–Trinajstić information content (AvgIpc) is 2.38. The van der Waals surface area contributed by atoms with Crippen LogP contribution in [0.1, 0.15) is 32.4 Å². The fourth-order valence-electron chi connectivity index (χ4n) is 1.75.